The maximum absolute atomic E-state index is 5.99. The van der Waals surface area contributed by atoms with E-state index in [0.717, 1.165) is 60.9 Å². The van der Waals surface area contributed by atoms with E-state index in [1.807, 2.05) is 30.3 Å². The zero-order valence-corrected chi connectivity index (χ0v) is 28.5. The maximum atomic E-state index is 5.99. The van der Waals surface area contributed by atoms with E-state index < -0.39 is 0 Å². The number of ether oxygens (including phenoxy) is 2. The molecule has 3 aromatic rings. The van der Waals surface area contributed by atoms with Gasteiger partial charge in [-0.15, -0.1) is 18.5 Å². The molecule has 0 amide bonds. The van der Waals surface area contributed by atoms with Crippen LogP contribution in [-0.4, -0.2) is 25.5 Å². The van der Waals surface area contributed by atoms with Gasteiger partial charge in [-0.05, 0) is 128 Å². The first kappa shape index (κ1) is 34.4. The van der Waals surface area contributed by atoms with Crippen LogP contribution in [0.4, 0.5) is 0 Å². The molecule has 0 N–H and O–H groups in total. The zero-order valence-electron chi connectivity index (χ0n) is 26.2. The lowest BCUT2D eigenvalue weighted by atomic mass is 9.97. The summed E-state index contributed by atoms with van der Waals surface area (Å²) < 4.78 is 11.9. The van der Waals surface area contributed by atoms with E-state index in [-0.39, 0.29) is 0 Å². The third kappa shape index (κ3) is 12.2. The third-order valence-corrected chi connectivity index (χ3v) is 8.84. The lowest BCUT2D eigenvalue weighted by Crippen LogP contribution is -2.05. The summed E-state index contributed by atoms with van der Waals surface area (Å²) in [7, 11) is 5.61. The first-order valence-electron chi connectivity index (χ1n) is 15.6. The Morgan fingerprint density at radius 2 is 1.14 bits per heavy atom. The fraction of sp³-hybridized carbons (Fsp3) is 0.500. The summed E-state index contributed by atoms with van der Waals surface area (Å²) >= 11 is 0. The molecule has 42 heavy (non-hydrogen) atoms. The Kier molecular flexibility index (Phi) is 15.7. The molecule has 6 heteroatoms. The van der Waals surface area contributed by atoms with Gasteiger partial charge in [-0.25, -0.2) is 0 Å². The van der Waals surface area contributed by atoms with Crippen molar-refractivity contribution in [2.45, 2.75) is 79.2 Å². The predicted octanol–water partition coefficient (Wildman–Crippen LogP) is 9.53. The lowest BCUT2D eigenvalue weighted by Gasteiger charge is -2.14. The normalized spacial score (nSPS) is 12.6. The highest BCUT2D eigenvalue weighted by Gasteiger charge is 2.10. The molecule has 4 nitrogen and oxygen atoms in total. The monoisotopic (exact) mass is 610 g/mol. The van der Waals surface area contributed by atoms with Gasteiger partial charge in [0.1, 0.15) is 18.1 Å². The van der Waals surface area contributed by atoms with E-state index in [9.17, 15) is 0 Å². The highest BCUT2D eigenvalue weighted by molar-refractivity contribution is 7.16. The smallest absolute Gasteiger partial charge is 0.168 e. The summed E-state index contributed by atoms with van der Waals surface area (Å²) in [5.41, 5.74) is 5.91. The van der Waals surface area contributed by atoms with Gasteiger partial charge < -0.3 is 14.4 Å². The minimum absolute atomic E-state index is 0.373. The molecule has 0 saturated carbocycles. The number of rotatable bonds is 20. The van der Waals surface area contributed by atoms with Crippen molar-refractivity contribution in [1.29, 1.82) is 0 Å². The molecule has 0 heterocycles. The average Bonchev–Trinajstić information content (AvgIpc) is 3.00. The largest absolute Gasteiger partial charge is 0.494 e. The Morgan fingerprint density at radius 1 is 0.619 bits per heavy atom. The second-order valence-corrected chi connectivity index (χ2v) is 12.8. The molecule has 230 valence electrons. The Hall–Kier alpha value is -2.12. The lowest BCUT2D eigenvalue weighted by molar-refractivity contribution is -0.218. The third-order valence-electron chi connectivity index (χ3n) is 8.03. The zero-order chi connectivity index (χ0) is 30.2. The van der Waals surface area contributed by atoms with Gasteiger partial charge in [0, 0.05) is 0 Å². The van der Waals surface area contributed by atoms with Gasteiger partial charge in [0.25, 0.3) is 0 Å². The summed E-state index contributed by atoms with van der Waals surface area (Å²) in [5, 5.41) is 0. The van der Waals surface area contributed by atoms with Crippen molar-refractivity contribution in [1.82, 2.24) is 0 Å². The molecule has 0 spiro atoms. The fourth-order valence-corrected chi connectivity index (χ4v) is 5.35. The number of hydrogen-bond donors (Lipinski definition) is 0. The minimum Gasteiger partial charge on any atom is -0.494 e. The number of benzene rings is 3. The molecule has 4 atom stereocenters. The average molecular weight is 611 g/mol. The van der Waals surface area contributed by atoms with E-state index in [1.165, 1.54) is 54.7 Å². The first-order chi connectivity index (χ1) is 20.4. The number of hydrogen-bond acceptors (Lipinski definition) is 4. The molecule has 0 aromatic heterocycles. The Bertz CT molecular complexity index is 1160. The topological polar surface area (TPSA) is 36.9 Å². The molecule has 4 unspecified atom stereocenters. The Labute approximate surface area is 259 Å². The molecule has 3 rings (SSSR count). The molecule has 0 aliphatic heterocycles. The molecule has 0 radical (unpaired) electrons. The van der Waals surface area contributed by atoms with Crippen molar-refractivity contribution in [3.8, 4) is 17.2 Å². The van der Waals surface area contributed by atoms with Crippen LogP contribution in [0, 0.1) is 25.7 Å². The quantitative estimate of drug-likeness (QED) is 0.0725. The van der Waals surface area contributed by atoms with Crippen LogP contribution >= 0.6 is 18.5 Å². The highest BCUT2D eigenvalue weighted by atomic mass is 31.0. The summed E-state index contributed by atoms with van der Waals surface area (Å²) in [6.45, 7) is 10.7. The van der Waals surface area contributed by atoms with Crippen molar-refractivity contribution in [2.75, 3.05) is 25.5 Å². The van der Waals surface area contributed by atoms with Gasteiger partial charge in [0.15, 0.2) is 5.75 Å². The van der Waals surface area contributed by atoms with Gasteiger partial charge >= 0.3 is 0 Å². The summed E-state index contributed by atoms with van der Waals surface area (Å²) in [6.07, 6.45) is 10.5. The summed E-state index contributed by atoms with van der Waals surface area (Å²) in [4.78, 5) is 11.3. The van der Waals surface area contributed by atoms with Crippen LogP contribution < -0.4 is 14.4 Å². The molecule has 3 aromatic carbocycles. The Balaban J connectivity index is 1.42. The molecule has 0 bridgehead atoms. The van der Waals surface area contributed by atoms with Crippen LogP contribution in [0.25, 0.3) is 0 Å². The summed E-state index contributed by atoms with van der Waals surface area (Å²) in [6, 6.07) is 20.7. The van der Waals surface area contributed by atoms with Crippen molar-refractivity contribution < 1.29 is 19.2 Å². The molecule has 0 aliphatic carbocycles. The standard InChI is InChI=1S/C36H52O4P2/c1-27(7-5-23-41)19-21-37-34-14-9-31(10-15-34)25-33-13-18-36(30(4)29(33)3)40-39-26-32-11-16-35(17-12-32)38-22-20-28(2)8-6-24-42/h9-18,27-28H,5-8,19-26,41-42H2,1-4H3. The van der Waals surface area contributed by atoms with Gasteiger partial charge in [-0.3, -0.25) is 0 Å². The van der Waals surface area contributed by atoms with Gasteiger partial charge in [0.05, 0.1) is 13.2 Å². The highest BCUT2D eigenvalue weighted by Crippen LogP contribution is 2.27. The van der Waals surface area contributed by atoms with E-state index in [1.54, 1.807) is 0 Å². The van der Waals surface area contributed by atoms with Crippen LogP contribution in [0.1, 0.15) is 80.2 Å². The molecule has 0 fully saturated rings. The van der Waals surface area contributed by atoms with Crippen molar-refractivity contribution in [2.24, 2.45) is 11.8 Å². The van der Waals surface area contributed by atoms with Crippen molar-refractivity contribution >= 4 is 18.5 Å². The molecular weight excluding hydrogens is 558 g/mol. The maximum Gasteiger partial charge on any atom is 0.168 e. The van der Waals surface area contributed by atoms with Crippen LogP contribution in [0.15, 0.2) is 60.7 Å². The van der Waals surface area contributed by atoms with Crippen LogP contribution in [-0.2, 0) is 17.9 Å². The second kappa shape index (κ2) is 19.2. The predicted molar refractivity (Wildman–Crippen MR) is 183 cm³/mol. The van der Waals surface area contributed by atoms with Crippen molar-refractivity contribution in [3.05, 3.63) is 88.5 Å². The molecular formula is C36H52O4P2. The Morgan fingerprint density at radius 3 is 1.67 bits per heavy atom. The SMILES string of the molecule is Cc1c(Cc2ccc(OCCC(C)CCCP)cc2)ccc(OOCc2ccc(OCCC(C)CCCP)cc2)c1C. The van der Waals surface area contributed by atoms with E-state index >= 15 is 0 Å². The second-order valence-electron chi connectivity index (χ2n) is 11.6. The van der Waals surface area contributed by atoms with Crippen molar-refractivity contribution in [3.63, 3.8) is 0 Å². The van der Waals surface area contributed by atoms with E-state index in [2.05, 4.69) is 76.5 Å². The van der Waals surface area contributed by atoms with Crippen LogP contribution in [0.3, 0.4) is 0 Å². The van der Waals surface area contributed by atoms with Crippen LogP contribution in [0.5, 0.6) is 17.2 Å². The first-order valence-corrected chi connectivity index (χ1v) is 17.2. The van der Waals surface area contributed by atoms with E-state index in [0.29, 0.717) is 18.4 Å². The van der Waals surface area contributed by atoms with Gasteiger partial charge in [0.2, 0.25) is 0 Å². The van der Waals surface area contributed by atoms with Gasteiger partial charge in [-0.2, -0.15) is 4.89 Å². The fourth-order valence-electron chi connectivity index (χ4n) is 4.88. The summed E-state index contributed by atoms with van der Waals surface area (Å²) in [5.74, 6) is 4.00. The van der Waals surface area contributed by atoms with Crippen LogP contribution in [0.2, 0.25) is 0 Å². The van der Waals surface area contributed by atoms with E-state index in [4.69, 9.17) is 19.2 Å². The van der Waals surface area contributed by atoms with Gasteiger partial charge in [-0.1, -0.05) is 57.0 Å². The molecule has 0 aliphatic rings. The minimum atomic E-state index is 0.373. The molecule has 0 saturated heterocycles.